The molecule has 3 aromatic rings. The van der Waals surface area contributed by atoms with Gasteiger partial charge in [0.05, 0.1) is 19.3 Å². The first-order valence-electron chi connectivity index (χ1n) is 14.2. The number of primary amides is 1. The van der Waals surface area contributed by atoms with Gasteiger partial charge in [-0.1, -0.05) is 24.3 Å². The highest BCUT2D eigenvalue weighted by molar-refractivity contribution is 6.03. The molecule has 10 nitrogen and oxygen atoms in total. The fraction of sp³-hybridized carbons (Fsp3) is 0.387. The van der Waals surface area contributed by atoms with E-state index < -0.39 is 5.91 Å². The van der Waals surface area contributed by atoms with Crippen molar-refractivity contribution in [3.8, 4) is 22.8 Å². The van der Waals surface area contributed by atoms with Crippen LogP contribution in [0.2, 0.25) is 0 Å². The molecule has 2 amide bonds. The van der Waals surface area contributed by atoms with Gasteiger partial charge < -0.3 is 25.8 Å². The number of aromatic nitrogens is 2. The molecule has 2 aliphatic heterocycles. The number of nitrogen functional groups attached to an aromatic ring is 1. The van der Waals surface area contributed by atoms with E-state index in [0.717, 1.165) is 76.5 Å². The monoisotopic (exact) mass is 556 g/mol. The van der Waals surface area contributed by atoms with E-state index in [2.05, 4.69) is 4.90 Å². The smallest absolute Gasteiger partial charge is 0.254 e. The predicted molar refractivity (Wildman–Crippen MR) is 155 cm³/mol. The van der Waals surface area contributed by atoms with Crippen LogP contribution in [-0.4, -0.2) is 77.3 Å². The van der Waals surface area contributed by atoms with Crippen LogP contribution in [0.3, 0.4) is 0 Å². The zero-order chi connectivity index (χ0) is 28.4. The van der Waals surface area contributed by atoms with E-state index in [-0.39, 0.29) is 28.7 Å². The van der Waals surface area contributed by atoms with Crippen molar-refractivity contribution >= 4 is 17.6 Å². The molecule has 6 rings (SSSR count). The van der Waals surface area contributed by atoms with Crippen LogP contribution < -0.4 is 16.2 Å². The summed E-state index contributed by atoms with van der Waals surface area (Å²) in [7, 11) is 0. The van der Waals surface area contributed by atoms with E-state index in [1.165, 1.54) is 0 Å². The van der Waals surface area contributed by atoms with Crippen LogP contribution in [-0.2, 0) is 9.53 Å². The summed E-state index contributed by atoms with van der Waals surface area (Å²) in [6.45, 7) is 5.53. The molecule has 214 valence electrons. The molecule has 4 N–H and O–H groups in total. The normalized spacial score (nSPS) is 22.7. The summed E-state index contributed by atoms with van der Waals surface area (Å²) in [5, 5.41) is 4.78. The SMILES string of the molecule is NC(=O)c1c(-c2ccc(Oc3ccccc3)cc2)nn(C2CC3(CCN(C(=O)/C=C/CN4CCOCC4)C3)C2)c1N. The Hall–Kier alpha value is -4.15. The second-order valence-corrected chi connectivity index (χ2v) is 11.2. The first-order valence-corrected chi connectivity index (χ1v) is 14.2. The van der Waals surface area contributed by atoms with Gasteiger partial charge in [0.15, 0.2) is 0 Å². The maximum Gasteiger partial charge on any atom is 0.254 e. The Morgan fingerprint density at radius 2 is 1.73 bits per heavy atom. The van der Waals surface area contributed by atoms with Crippen molar-refractivity contribution in [2.75, 3.05) is 51.7 Å². The van der Waals surface area contributed by atoms with Gasteiger partial charge in [0.2, 0.25) is 5.91 Å². The second-order valence-electron chi connectivity index (χ2n) is 11.2. The zero-order valence-electron chi connectivity index (χ0n) is 23.1. The summed E-state index contributed by atoms with van der Waals surface area (Å²) in [6, 6.07) is 16.9. The van der Waals surface area contributed by atoms with Crippen LogP contribution >= 0.6 is 0 Å². The van der Waals surface area contributed by atoms with Gasteiger partial charge in [-0.3, -0.25) is 14.5 Å². The molecule has 0 atom stereocenters. The van der Waals surface area contributed by atoms with E-state index in [4.69, 9.17) is 26.0 Å². The predicted octanol–water partition coefficient (Wildman–Crippen LogP) is 3.47. The minimum absolute atomic E-state index is 0.0504. The van der Waals surface area contributed by atoms with E-state index in [9.17, 15) is 9.59 Å². The number of anilines is 1. The lowest BCUT2D eigenvalue weighted by molar-refractivity contribution is -0.125. The molecule has 3 heterocycles. The highest BCUT2D eigenvalue weighted by Gasteiger charge is 2.50. The van der Waals surface area contributed by atoms with Gasteiger partial charge in [0.25, 0.3) is 5.91 Å². The average molecular weight is 557 g/mol. The molecule has 41 heavy (non-hydrogen) atoms. The summed E-state index contributed by atoms with van der Waals surface area (Å²) in [6.07, 6.45) is 6.31. The fourth-order valence-electron chi connectivity index (χ4n) is 6.24. The average Bonchev–Trinajstić information content (AvgIpc) is 3.56. The highest BCUT2D eigenvalue weighted by Crippen LogP contribution is 2.54. The van der Waals surface area contributed by atoms with E-state index >= 15 is 0 Å². The molecule has 0 bridgehead atoms. The van der Waals surface area contributed by atoms with Gasteiger partial charge in [-0.15, -0.1) is 0 Å². The van der Waals surface area contributed by atoms with Crippen LogP contribution in [0, 0.1) is 5.41 Å². The van der Waals surface area contributed by atoms with Crippen molar-refractivity contribution in [2.45, 2.75) is 25.3 Å². The Morgan fingerprint density at radius 3 is 2.44 bits per heavy atom. The van der Waals surface area contributed by atoms with Gasteiger partial charge >= 0.3 is 0 Å². The Labute approximate surface area is 239 Å². The quantitative estimate of drug-likeness (QED) is 0.407. The van der Waals surface area contributed by atoms with Gasteiger partial charge in [-0.25, -0.2) is 4.68 Å². The minimum Gasteiger partial charge on any atom is -0.457 e. The molecule has 0 unspecified atom stereocenters. The Kier molecular flexibility index (Phi) is 7.51. The van der Waals surface area contributed by atoms with Crippen molar-refractivity contribution in [2.24, 2.45) is 11.1 Å². The summed E-state index contributed by atoms with van der Waals surface area (Å²) < 4.78 is 13.0. The topological polar surface area (TPSA) is 129 Å². The van der Waals surface area contributed by atoms with Gasteiger partial charge in [-0.05, 0) is 61.1 Å². The van der Waals surface area contributed by atoms with E-state index in [0.29, 0.717) is 11.4 Å². The molecule has 1 aromatic heterocycles. The lowest BCUT2D eigenvalue weighted by Crippen LogP contribution is -2.42. The number of nitrogens with zero attached hydrogens (tertiary/aromatic N) is 4. The van der Waals surface area contributed by atoms with Gasteiger partial charge in [0, 0.05) is 44.4 Å². The molecule has 10 heteroatoms. The molecule has 3 fully saturated rings. The molecular formula is C31H36N6O4. The molecule has 3 aliphatic rings. The third-order valence-electron chi connectivity index (χ3n) is 8.46. The van der Waals surface area contributed by atoms with Crippen molar-refractivity contribution < 1.29 is 19.1 Å². The Balaban J connectivity index is 1.10. The number of morpholine rings is 1. The van der Waals surface area contributed by atoms with E-state index in [1.54, 1.807) is 10.8 Å². The largest absolute Gasteiger partial charge is 0.457 e. The van der Waals surface area contributed by atoms with Crippen molar-refractivity contribution in [1.29, 1.82) is 0 Å². The molecule has 2 saturated heterocycles. The maximum absolute atomic E-state index is 12.8. The van der Waals surface area contributed by atoms with Crippen LogP contribution in [0.25, 0.3) is 11.3 Å². The number of rotatable bonds is 8. The number of benzene rings is 2. The molecule has 1 aliphatic carbocycles. The summed E-state index contributed by atoms with van der Waals surface area (Å²) in [5.41, 5.74) is 13.7. The van der Waals surface area contributed by atoms with Crippen molar-refractivity contribution in [3.05, 3.63) is 72.3 Å². The fourth-order valence-corrected chi connectivity index (χ4v) is 6.24. The van der Waals surface area contributed by atoms with Crippen molar-refractivity contribution in [1.82, 2.24) is 19.6 Å². The van der Waals surface area contributed by atoms with Gasteiger partial charge in [0.1, 0.15) is 28.6 Å². The van der Waals surface area contributed by atoms with Gasteiger partial charge in [-0.2, -0.15) is 5.10 Å². The van der Waals surface area contributed by atoms with E-state index in [1.807, 2.05) is 65.6 Å². The number of carbonyl (C=O) groups excluding carboxylic acids is 2. The molecule has 0 radical (unpaired) electrons. The standard InChI is InChI=1S/C31H36N6O4/c32-29-27(30(33)39)28(22-8-10-25(11-9-22)41-24-5-2-1-3-6-24)34-37(29)23-19-31(20-23)12-14-36(21-31)26(38)7-4-13-35-15-17-40-18-16-35/h1-11,23H,12-21,32H2,(H2,33,39)/b7-4+. The van der Waals surface area contributed by atoms with Crippen LogP contribution in [0.5, 0.6) is 11.5 Å². The maximum atomic E-state index is 12.8. The number of hydrogen-bond donors (Lipinski definition) is 2. The Morgan fingerprint density at radius 1 is 1.02 bits per heavy atom. The third kappa shape index (κ3) is 5.71. The number of ether oxygens (including phenoxy) is 2. The Bertz CT molecular complexity index is 1420. The van der Waals surface area contributed by atoms with Crippen LogP contribution in [0.1, 0.15) is 35.7 Å². The van der Waals surface area contributed by atoms with Crippen LogP contribution in [0.15, 0.2) is 66.7 Å². The number of carbonyl (C=O) groups is 2. The lowest BCUT2D eigenvalue weighted by Gasteiger charge is -2.45. The number of likely N-dealkylation sites (tertiary alicyclic amines) is 1. The molecule has 1 saturated carbocycles. The summed E-state index contributed by atoms with van der Waals surface area (Å²) in [5.74, 6) is 1.15. The molecular weight excluding hydrogens is 520 g/mol. The highest BCUT2D eigenvalue weighted by atomic mass is 16.5. The van der Waals surface area contributed by atoms with Crippen molar-refractivity contribution in [3.63, 3.8) is 0 Å². The second kappa shape index (κ2) is 11.4. The number of amides is 2. The first-order chi connectivity index (χ1) is 19.9. The lowest BCUT2D eigenvalue weighted by atomic mass is 9.65. The first kappa shape index (κ1) is 27.0. The minimum atomic E-state index is -0.607. The number of para-hydroxylation sites is 1. The summed E-state index contributed by atoms with van der Waals surface area (Å²) >= 11 is 0. The molecule has 1 spiro atoms. The summed E-state index contributed by atoms with van der Waals surface area (Å²) in [4.78, 5) is 29.5. The number of hydrogen-bond acceptors (Lipinski definition) is 7. The molecule has 2 aromatic carbocycles. The third-order valence-corrected chi connectivity index (χ3v) is 8.46. The number of nitrogens with two attached hydrogens (primary N) is 2. The van der Waals surface area contributed by atoms with Crippen LogP contribution in [0.4, 0.5) is 5.82 Å². The zero-order valence-corrected chi connectivity index (χ0v) is 23.1.